The lowest BCUT2D eigenvalue weighted by molar-refractivity contribution is -0.133. The highest BCUT2D eigenvalue weighted by molar-refractivity contribution is 7.85. The Labute approximate surface area is 84.4 Å². The first-order valence-corrected chi connectivity index (χ1v) is 5.63. The molecule has 5 heteroatoms. The maximum atomic E-state index is 11.1. The van der Waals surface area contributed by atoms with Crippen molar-refractivity contribution in [1.29, 1.82) is 0 Å². The molecule has 14 heavy (non-hydrogen) atoms. The van der Waals surface area contributed by atoms with Crippen LogP contribution in [0.4, 0.5) is 0 Å². The molecule has 0 amide bonds. The van der Waals surface area contributed by atoms with Gasteiger partial charge in [0.2, 0.25) is 0 Å². The van der Waals surface area contributed by atoms with E-state index in [1.165, 1.54) is 0 Å². The molecule has 1 aromatic heterocycles. The SMILES string of the molecule is O=C(O)CS(=O)CCc1cccnc1. The molecule has 1 unspecified atom stereocenters. The van der Waals surface area contributed by atoms with E-state index in [9.17, 15) is 9.00 Å². The van der Waals surface area contributed by atoms with Gasteiger partial charge in [-0.15, -0.1) is 0 Å². The summed E-state index contributed by atoms with van der Waals surface area (Å²) >= 11 is 0. The lowest BCUT2D eigenvalue weighted by Gasteiger charge is -1.99. The van der Waals surface area contributed by atoms with Crippen LogP contribution < -0.4 is 0 Å². The van der Waals surface area contributed by atoms with Crippen LogP contribution in [0.25, 0.3) is 0 Å². The van der Waals surface area contributed by atoms with Gasteiger partial charge in [0.1, 0.15) is 5.75 Å². The van der Waals surface area contributed by atoms with Crippen molar-refractivity contribution in [3.63, 3.8) is 0 Å². The number of aliphatic carboxylic acids is 1. The Balaban J connectivity index is 2.34. The third kappa shape index (κ3) is 4.13. The van der Waals surface area contributed by atoms with E-state index >= 15 is 0 Å². The molecule has 0 spiro atoms. The van der Waals surface area contributed by atoms with Crippen molar-refractivity contribution in [2.75, 3.05) is 11.5 Å². The Morgan fingerprint density at radius 3 is 2.93 bits per heavy atom. The van der Waals surface area contributed by atoms with Gasteiger partial charge in [0, 0.05) is 28.9 Å². The molecule has 0 fully saturated rings. The van der Waals surface area contributed by atoms with Crippen LogP contribution in [0.3, 0.4) is 0 Å². The predicted molar refractivity (Wildman–Crippen MR) is 53.5 cm³/mol. The van der Waals surface area contributed by atoms with Gasteiger partial charge in [-0.05, 0) is 18.1 Å². The zero-order valence-corrected chi connectivity index (χ0v) is 8.37. The number of carboxylic acids is 1. The molecule has 1 atom stereocenters. The standard InChI is InChI=1S/C9H11NO3S/c11-9(12)7-14(13)5-3-8-2-1-4-10-6-8/h1-2,4,6H,3,5,7H2,(H,11,12). The van der Waals surface area contributed by atoms with Crippen molar-refractivity contribution < 1.29 is 14.1 Å². The second kappa shape index (κ2) is 5.49. The number of carbonyl (C=O) groups is 1. The van der Waals surface area contributed by atoms with Gasteiger partial charge in [-0.3, -0.25) is 14.0 Å². The fraction of sp³-hybridized carbons (Fsp3) is 0.333. The normalized spacial score (nSPS) is 12.3. The summed E-state index contributed by atoms with van der Waals surface area (Å²) < 4.78 is 11.1. The average molecular weight is 213 g/mol. The third-order valence-electron chi connectivity index (χ3n) is 1.63. The monoisotopic (exact) mass is 213 g/mol. The minimum atomic E-state index is -1.28. The number of aryl methyl sites for hydroxylation is 1. The van der Waals surface area contributed by atoms with E-state index in [2.05, 4.69) is 4.98 Å². The number of pyridine rings is 1. The number of nitrogens with zero attached hydrogens (tertiary/aromatic N) is 1. The minimum Gasteiger partial charge on any atom is -0.481 e. The summed E-state index contributed by atoms with van der Waals surface area (Å²) in [5, 5.41) is 8.38. The highest BCUT2D eigenvalue weighted by Gasteiger charge is 2.05. The zero-order valence-electron chi connectivity index (χ0n) is 7.55. The van der Waals surface area contributed by atoms with E-state index in [4.69, 9.17) is 5.11 Å². The van der Waals surface area contributed by atoms with Gasteiger partial charge in [-0.1, -0.05) is 6.07 Å². The molecule has 0 saturated heterocycles. The molecule has 1 rings (SSSR count). The van der Waals surface area contributed by atoms with E-state index in [-0.39, 0.29) is 5.75 Å². The summed E-state index contributed by atoms with van der Waals surface area (Å²) in [5.74, 6) is -0.923. The largest absolute Gasteiger partial charge is 0.481 e. The number of hydrogen-bond donors (Lipinski definition) is 1. The van der Waals surface area contributed by atoms with Crippen molar-refractivity contribution in [1.82, 2.24) is 4.98 Å². The highest BCUT2D eigenvalue weighted by atomic mass is 32.2. The molecular formula is C9H11NO3S. The summed E-state index contributed by atoms with van der Waals surface area (Å²) in [5.41, 5.74) is 0.978. The Bertz CT molecular complexity index is 326. The molecule has 0 aliphatic heterocycles. The summed E-state index contributed by atoms with van der Waals surface area (Å²) in [6, 6.07) is 3.68. The van der Waals surface area contributed by atoms with Crippen molar-refractivity contribution in [3.8, 4) is 0 Å². The first kappa shape index (κ1) is 10.8. The van der Waals surface area contributed by atoms with Gasteiger partial charge in [0.25, 0.3) is 0 Å². The molecule has 0 aromatic carbocycles. The molecule has 0 aliphatic rings. The highest BCUT2D eigenvalue weighted by Crippen LogP contribution is 1.98. The van der Waals surface area contributed by atoms with Gasteiger partial charge >= 0.3 is 5.97 Å². The van der Waals surface area contributed by atoms with Crippen molar-refractivity contribution in [2.45, 2.75) is 6.42 Å². The Morgan fingerprint density at radius 1 is 1.57 bits per heavy atom. The summed E-state index contributed by atoms with van der Waals surface area (Å²) in [7, 11) is -1.28. The van der Waals surface area contributed by atoms with Crippen LogP contribution in [0.15, 0.2) is 24.5 Å². The number of rotatable bonds is 5. The van der Waals surface area contributed by atoms with Gasteiger partial charge in [0.15, 0.2) is 0 Å². The summed E-state index contributed by atoms with van der Waals surface area (Å²) in [4.78, 5) is 14.1. The van der Waals surface area contributed by atoms with E-state index in [1.54, 1.807) is 18.5 Å². The molecule has 0 aliphatic carbocycles. The first-order chi connectivity index (χ1) is 6.68. The molecule has 1 aromatic rings. The summed E-state index contributed by atoms with van der Waals surface area (Å²) in [6.07, 6.45) is 3.96. The van der Waals surface area contributed by atoms with Crippen LogP contribution in [0.1, 0.15) is 5.56 Å². The van der Waals surface area contributed by atoms with E-state index in [0.29, 0.717) is 12.2 Å². The van der Waals surface area contributed by atoms with Crippen molar-refractivity contribution >= 4 is 16.8 Å². The van der Waals surface area contributed by atoms with Gasteiger partial charge in [-0.2, -0.15) is 0 Å². The lowest BCUT2D eigenvalue weighted by atomic mass is 10.2. The average Bonchev–Trinajstić information content (AvgIpc) is 2.15. The van der Waals surface area contributed by atoms with Crippen LogP contribution >= 0.6 is 0 Å². The fourth-order valence-corrected chi connectivity index (χ4v) is 1.87. The van der Waals surface area contributed by atoms with Crippen LogP contribution in [0.2, 0.25) is 0 Å². The second-order valence-electron chi connectivity index (χ2n) is 2.79. The molecule has 4 nitrogen and oxygen atoms in total. The van der Waals surface area contributed by atoms with Crippen LogP contribution in [0.5, 0.6) is 0 Å². The number of carboxylic acid groups (broad SMARTS) is 1. The molecule has 0 saturated carbocycles. The topological polar surface area (TPSA) is 67.3 Å². The number of hydrogen-bond acceptors (Lipinski definition) is 3. The second-order valence-corrected chi connectivity index (χ2v) is 4.37. The summed E-state index contributed by atoms with van der Waals surface area (Å²) in [6.45, 7) is 0. The quantitative estimate of drug-likeness (QED) is 0.771. The van der Waals surface area contributed by atoms with Crippen LogP contribution in [-0.2, 0) is 22.0 Å². The maximum Gasteiger partial charge on any atom is 0.316 e. The van der Waals surface area contributed by atoms with Crippen molar-refractivity contribution in [2.24, 2.45) is 0 Å². The van der Waals surface area contributed by atoms with Gasteiger partial charge in [-0.25, -0.2) is 0 Å². The molecule has 0 radical (unpaired) electrons. The fourth-order valence-electron chi connectivity index (χ4n) is 0.988. The molecular weight excluding hydrogens is 202 g/mol. The molecule has 1 N–H and O–H groups in total. The van der Waals surface area contributed by atoms with Crippen LogP contribution in [0, 0.1) is 0 Å². The van der Waals surface area contributed by atoms with Gasteiger partial charge in [0.05, 0.1) is 0 Å². The molecule has 0 bridgehead atoms. The Kier molecular flexibility index (Phi) is 4.25. The Morgan fingerprint density at radius 2 is 2.36 bits per heavy atom. The van der Waals surface area contributed by atoms with Crippen molar-refractivity contribution in [3.05, 3.63) is 30.1 Å². The van der Waals surface area contributed by atoms with E-state index in [1.807, 2.05) is 6.07 Å². The maximum absolute atomic E-state index is 11.1. The van der Waals surface area contributed by atoms with E-state index in [0.717, 1.165) is 5.56 Å². The minimum absolute atomic E-state index is 0.278. The molecule has 76 valence electrons. The van der Waals surface area contributed by atoms with Gasteiger partial charge < -0.3 is 5.11 Å². The first-order valence-electron chi connectivity index (χ1n) is 4.14. The van der Waals surface area contributed by atoms with Crippen LogP contribution in [-0.4, -0.2) is 31.8 Å². The smallest absolute Gasteiger partial charge is 0.316 e. The van der Waals surface area contributed by atoms with E-state index < -0.39 is 16.8 Å². The third-order valence-corrected chi connectivity index (χ3v) is 2.85. The molecule has 1 heterocycles. The number of aromatic nitrogens is 1. The lowest BCUT2D eigenvalue weighted by Crippen LogP contribution is -2.13. The Hall–Kier alpha value is -1.23. The zero-order chi connectivity index (χ0) is 10.4. The predicted octanol–water partition coefficient (Wildman–Crippen LogP) is 0.457.